The summed E-state index contributed by atoms with van der Waals surface area (Å²) in [6.45, 7) is 3.75. The highest BCUT2D eigenvalue weighted by molar-refractivity contribution is 7.89. The molecular weight excluding hydrogens is 445 g/mol. The lowest BCUT2D eigenvalue weighted by atomic mass is 10.1. The monoisotopic (exact) mass is 475 g/mol. The molecule has 9 heteroatoms. The van der Waals surface area contributed by atoms with Gasteiger partial charge in [-0.25, -0.2) is 12.8 Å². The van der Waals surface area contributed by atoms with Crippen molar-refractivity contribution < 1.29 is 22.3 Å². The van der Waals surface area contributed by atoms with E-state index >= 15 is 0 Å². The molecule has 0 aromatic heterocycles. The predicted octanol–water partition coefficient (Wildman–Crippen LogP) is 2.81. The first-order valence-electron chi connectivity index (χ1n) is 11.4. The first-order valence-corrected chi connectivity index (χ1v) is 12.9. The molecule has 0 saturated carbocycles. The fourth-order valence-electron chi connectivity index (χ4n) is 4.26. The third-order valence-electron chi connectivity index (χ3n) is 6.13. The molecule has 0 radical (unpaired) electrons. The lowest BCUT2D eigenvalue weighted by Gasteiger charge is -2.31. The number of morpholine rings is 1. The summed E-state index contributed by atoms with van der Waals surface area (Å²) in [6, 6.07) is 11.0. The number of rotatable bonds is 7. The fourth-order valence-corrected chi connectivity index (χ4v) is 5.80. The first-order chi connectivity index (χ1) is 15.9. The van der Waals surface area contributed by atoms with E-state index in [1.54, 1.807) is 24.3 Å². The number of carbonyl (C=O) groups excluding carboxylic acids is 1. The Morgan fingerprint density at radius 1 is 0.970 bits per heavy atom. The van der Waals surface area contributed by atoms with Gasteiger partial charge in [0, 0.05) is 38.4 Å². The first kappa shape index (κ1) is 23.7. The van der Waals surface area contributed by atoms with E-state index in [0.717, 1.165) is 24.8 Å². The minimum atomic E-state index is -3.66. The molecule has 2 aromatic rings. The predicted molar refractivity (Wildman–Crippen MR) is 125 cm³/mol. The zero-order valence-electron chi connectivity index (χ0n) is 18.6. The Balaban J connectivity index is 1.56. The van der Waals surface area contributed by atoms with Gasteiger partial charge in [0.1, 0.15) is 5.82 Å². The molecule has 2 heterocycles. The van der Waals surface area contributed by atoms with Crippen LogP contribution in [-0.2, 0) is 21.2 Å². The maximum absolute atomic E-state index is 13.2. The highest BCUT2D eigenvalue weighted by Crippen LogP contribution is 2.28. The van der Waals surface area contributed by atoms with Gasteiger partial charge in [0.15, 0.2) is 0 Å². The van der Waals surface area contributed by atoms with Gasteiger partial charge in [-0.05, 0) is 55.2 Å². The van der Waals surface area contributed by atoms with Crippen LogP contribution < -0.4 is 10.2 Å². The smallest absolute Gasteiger partial charge is 0.253 e. The summed E-state index contributed by atoms with van der Waals surface area (Å²) in [5, 5.41) is 2.90. The maximum atomic E-state index is 13.2. The highest BCUT2D eigenvalue weighted by Gasteiger charge is 2.28. The van der Waals surface area contributed by atoms with Crippen molar-refractivity contribution in [1.82, 2.24) is 9.62 Å². The number of benzene rings is 2. The summed E-state index contributed by atoms with van der Waals surface area (Å²) in [5.41, 5.74) is 1.95. The normalized spacial score (nSPS) is 17.7. The molecule has 1 N–H and O–H groups in total. The van der Waals surface area contributed by atoms with Gasteiger partial charge in [-0.2, -0.15) is 4.31 Å². The number of carbonyl (C=O) groups is 1. The van der Waals surface area contributed by atoms with Gasteiger partial charge < -0.3 is 15.0 Å². The van der Waals surface area contributed by atoms with Crippen molar-refractivity contribution in [3.05, 3.63) is 59.4 Å². The van der Waals surface area contributed by atoms with Gasteiger partial charge in [-0.3, -0.25) is 4.79 Å². The summed E-state index contributed by atoms with van der Waals surface area (Å²) in [5.74, 6) is -0.626. The molecule has 7 nitrogen and oxygen atoms in total. The van der Waals surface area contributed by atoms with Crippen molar-refractivity contribution in [3.8, 4) is 0 Å². The Bertz CT molecular complexity index is 1060. The topological polar surface area (TPSA) is 79.0 Å². The van der Waals surface area contributed by atoms with Crippen LogP contribution in [0.25, 0.3) is 0 Å². The van der Waals surface area contributed by atoms with Crippen LogP contribution in [0.5, 0.6) is 0 Å². The molecule has 2 fully saturated rings. The van der Waals surface area contributed by atoms with Crippen LogP contribution in [0.2, 0.25) is 0 Å². The number of nitrogens with zero attached hydrogens (tertiary/aromatic N) is 2. The van der Waals surface area contributed by atoms with Crippen LogP contribution in [0.1, 0.15) is 35.2 Å². The molecule has 33 heavy (non-hydrogen) atoms. The summed E-state index contributed by atoms with van der Waals surface area (Å²) in [4.78, 5) is 15.4. The summed E-state index contributed by atoms with van der Waals surface area (Å²) in [6.07, 6.45) is 3.28. The maximum Gasteiger partial charge on any atom is 0.253 e. The molecule has 2 aliphatic heterocycles. The molecule has 2 aromatic carbocycles. The summed E-state index contributed by atoms with van der Waals surface area (Å²) in [7, 11) is -3.66. The molecule has 0 aliphatic carbocycles. The number of amides is 1. The number of anilines is 1. The standard InChI is InChI=1S/C24H30FN3O4S/c25-20-6-4-19(5-7-20)10-11-26-24(29)22-18-21(33(30,31)28-12-2-1-3-13-28)8-9-23(22)27-14-16-32-17-15-27/h4-9,18H,1-3,10-17H2,(H,26,29). The second-order valence-corrected chi connectivity index (χ2v) is 10.3. The minimum Gasteiger partial charge on any atom is -0.378 e. The number of sulfonamides is 1. The molecule has 0 spiro atoms. The van der Waals surface area contributed by atoms with Crippen LogP contribution in [0.4, 0.5) is 10.1 Å². The van der Waals surface area contributed by atoms with Gasteiger partial charge in [0.05, 0.1) is 23.7 Å². The van der Waals surface area contributed by atoms with E-state index in [4.69, 9.17) is 4.74 Å². The van der Waals surface area contributed by atoms with E-state index in [9.17, 15) is 17.6 Å². The van der Waals surface area contributed by atoms with Crippen molar-refractivity contribution >= 4 is 21.6 Å². The van der Waals surface area contributed by atoms with Crippen molar-refractivity contribution in [2.75, 3.05) is 50.8 Å². The van der Waals surface area contributed by atoms with E-state index in [-0.39, 0.29) is 16.6 Å². The third-order valence-corrected chi connectivity index (χ3v) is 8.02. The third kappa shape index (κ3) is 5.72. The van der Waals surface area contributed by atoms with Gasteiger partial charge >= 0.3 is 0 Å². The Labute approximate surface area is 194 Å². The average molecular weight is 476 g/mol. The van der Waals surface area contributed by atoms with Crippen molar-refractivity contribution in [1.29, 1.82) is 0 Å². The Kier molecular flexibility index (Phi) is 7.62. The largest absolute Gasteiger partial charge is 0.378 e. The van der Waals surface area contributed by atoms with Crippen molar-refractivity contribution in [2.45, 2.75) is 30.6 Å². The molecule has 178 valence electrons. The number of ether oxygens (including phenoxy) is 1. The van der Waals surface area contributed by atoms with E-state index in [1.165, 1.54) is 22.5 Å². The quantitative estimate of drug-likeness (QED) is 0.666. The van der Waals surface area contributed by atoms with Gasteiger partial charge in [-0.1, -0.05) is 18.6 Å². The van der Waals surface area contributed by atoms with Crippen molar-refractivity contribution in [3.63, 3.8) is 0 Å². The molecule has 4 rings (SSSR count). The molecule has 1 amide bonds. The number of hydrogen-bond donors (Lipinski definition) is 1. The van der Waals surface area contributed by atoms with E-state index in [1.807, 2.05) is 0 Å². The SMILES string of the molecule is O=C(NCCc1ccc(F)cc1)c1cc(S(=O)(=O)N2CCCCC2)ccc1N1CCOCC1. The Morgan fingerprint density at radius 2 is 1.67 bits per heavy atom. The van der Waals surface area contributed by atoms with E-state index < -0.39 is 10.0 Å². The van der Waals surface area contributed by atoms with Gasteiger partial charge in [-0.15, -0.1) is 0 Å². The molecule has 0 unspecified atom stereocenters. The van der Waals surface area contributed by atoms with Crippen LogP contribution in [-0.4, -0.2) is 64.6 Å². The second kappa shape index (κ2) is 10.6. The van der Waals surface area contributed by atoms with Gasteiger partial charge in [0.25, 0.3) is 5.91 Å². The number of piperidine rings is 1. The molecule has 0 atom stereocenters. The van der Waals surface area contributed by atoms with E-state index in [2.05, 4.69) is 10.2 Å². The number of hydrogen-bond acceptors (Lipinski definition) is 5. The summed E-state index contributed by atoms with van der Waals surface area (Å²) < 4.78 is 46.5. The van der Waals surface area contributed by atoms with E-state index in [0.29, 0.717) is 63.6 Å². The minimum absolute atomic E-state index is 0.144. The van der Waals surface area contributed by atoms with Crippen molar-refractivity contribution in [2.24, 2.45) is 0 Å². The Hall–Kier alpha value is -2.49. The molecular formula is C24H30FN3O4S. The zero-order chi connectivity index (χ0) is 23.3. The molecule has 2 aliphatic rings. The van der Waals surface area contributed by atoms with Crippen LogP contribution in [0.3, 0.4) is 0 Å². The van der Waals surface area contributed by atoms with Crippen LogP contribution >= 0.6 is 0 Å². The fraction of sp³-hybridized carbons (Fsp3) is 0.458. The van der Waals surface area contributed by atoms with Crippen LogP contribution in [0, 0.1) is 5.82 Å². The summed E-state index contributed by atoms with van der Waals surface area (Å²) >= 11 is 0. The molecule has 2 saturated heterocycles. The number of nitrogens with one attached hydrogen (secondary N) is 1. The van der Waals surface area contributed by atoms with Gasteiger partial charge in [0.2, 0.25) is 10.0 Å². The lowest BCUT2D eigenvalue weighted by molar-refractivity contribution is 0.0952. The lowest BCUT2D eigenvalue weighted by Crippen LogP contribution is -2.38. The average Bonchev–Trinajstić information content (AvgIpc) is 2.86. The Morgan fingerprint density at radius 3 is 2.36 bits per heavy atom. The second-order valence-electron chi connectivity index (χ2n) is 8.38. The highest BCUT2D eigenvalue weighted by atomic mass is 32.2. The zero-order valence-corrected chi connectivity index (χ0v) is 19.4. The number of halogens is 1. The molecule has 0 bridgehead atoms. The van der Waals surface area contributed by atoms with Crippen LogP contribution in [0.15, 0.2) is 47.4 Å².